The van der Waals surface area contributed by atoms with Gasteiger partial charge in [0.2, 0.25) is 0 Å². The topological polar surface area (TPSA) is 101 Å². The molecule has 3 aliphatic heterocycles. The van der Waals surface area contributed by atoms with Crippen LogP contribution in [0.5, 0.6) is 0 Å². The van der Waals surface area contributed by atoms with Gasteiger partial charge < -0.3 is 14.6 Å². The van der Waals surface area contributed by atoms with E-state index in [4.69, 9.17) is 24.2 Å². The molecule has 1 aliphatic carbocycles. The predicted molar refractivity (Wildman–Crippen MR) is 166 cm³/mol. The Labute approximate surface area is 239 Å². The standard InChI is InChI=1S/C32H21N8OP/c1-3-11-19-17(9-1)25-33-27(19)37-31-23-15-7-8-16-24(23)32-38-28-20-12-4-2-10-18(20)26(34-28)36-30-22-14-6-5-13-21(22)29(35-25)39(30)41-42-40(31)32/h1-16,21-22,33,37,42H. The largest absolute Gasteiger partial charge is 0.351 e. The summed E-state index contributed by atoms with van der Waals surface area (Å²) >= 11 is 0. The summed E-state index contributed by atoms with van der Waals surface area (Å²) in [4.78, 5) is 24.3. The zero-order valence-electron chi connectivity index (χ0n) is 22.0. The van der Waals surface area contributed by atoms with E-state index in [1.807, 2.05) is 29.0 Å². The summed E-state index contributed by atoms with van der Waals surface area (Å²) in [7, 11) is -0.145. The first-order valence-electron chi connectivity index (χ1n) is 13.9. The van der Waals surface area contributed by atoms with Crippen molar-refractivity contribution in [3.05, 3.63) is 103 Å². The fraction of sp³-hybridized carbons (Fsp3) is 0.0625. The highest BCUT2D eigenvalue weighted by molar-refractivity contribution is 7.18. The van der Waals surface area contributed by atoms with E-state index in [0.717, 1.165) is 67.4 Å². The Morgan fingerprint density at radius 3 is 2.24 bits per heavy atom. The molecular weight excluding hydrogens is 543 g/mol. The third-order valence-electron chi connectivity index (χ3n) is 8.45. The Bertz CT molecular complexity index is 2380. The van der Waals surface area contributed by atoms with Crippen molar-refractivity contribution < 1.29 is 4.30 Å². The van der Waals surface area contributed by atoms with E-state index in [9.17, 15) is 0 Å². The SMILES string of the molecule is C1=CC2C3=Nc4[nH]c(c5ccccc45)Nc4c5ccccc5c5nc6nc(nc(n3o[pH]n45)C2C=C1)-c1ccccc1-6. The van der Waals surface area contributed by atoms with Crippen LogP contribution < -0.4 is 5.32 Å². The van der Waals surface area contributed by atoms with E-state index >= 15 is 0 Å². The van der Waals surface area contributed by atoms with Crippen LogP contribution in [0.25, 0.3) is 50.0 Å². The van der Waals surface area contributed by atoms with Crippen LogP contribution in [0.4, 0.5) is 17.5 Å². The van der Waals surface area contributed by atoms with Crippen LogP contribution in [-0.4, -0.2) is 34.7 Å². The van der Waals surface area contributed by atoms with E-state index in [0.29, 0.717) is 11.6 Å². The Morgan fingerprint density at radius 1 is 0.714 bits per heavy atom. The molecule has 0 fully saturated rings. The number of hydrogen-bond acceptors (Lipinski definition) is 6. The van der Waals surface area contributed by atoms with Crippen LogP contribution >= 0.6 is 8.59 Å². The van der Waals surface area contributed by atoms with Gasteiger partial charge in [-0.1, -0.05) is 97.1 Å². The highest BCUT2D eigenvalue weighted by Crippen LogP contribution is 2.43. The van der Waals surface area contributed by atoms with E-state index in [2.05, 4.69) is 87.3 Å². The third kappa shape index (κ3) is 2.92. The first-order valence-corrected chi connectivity index (χ1v) is 14.7. The molecule has 200 valence electrons. The molecule has 6 heterocycles. The number of nitrogens with one attached hydrogen (secondary N) is 2. The number of H-pyrrole nitrogens is 1. The molecular formula is C32H21N8OP. The number of hydrogen-bond donors (Lipinski definition) is 2. The molecule has 6 aromatic rings. The Hall–Kier alpha value is -5.40. The molecule has 3 atom stereocenters. The lowest BCUT2D eigenvalue weighted by atomic mass is 9.90. The van der Waals surface area contributed by atoms with Crippen molar-refractivity contribution >= 4 is 59.1 Å². The lowest BCUT2D eigenvalue weighted by Crippen LogP contribution is -2.15. The van der Waals surface area contributed by atoms with Crippen LogP contribution in [0.15, 0.2) is 106 Å². The third-order valence-corrected chi connectivity index (χ3v) is 9.33. The number of allylic oxidation sites excluding steroid dienone is 4. The van der Waals surface area contributed by atoms with Crippen molar-refractivity contribution in [2.45, 2.75) is 5.92 Å². The van der Waals surface area contributed by atoms with Crippen LogP contribution in [0.3, 0.4) is 0 Å². The zero-order chi connectivity index (χ0) is 27.4. The van der Waals surface area contributed by atoms with Crippen molar-refractivity contribution in [2.24, 2.45) is 10.9 Å². The zero-order valence-corrected chi connectivity index (χ0v) is 23.0. The number of anilines is 2. The molecule has 0 saturated heterocycles. The van der Waals surface area contributed by atoms with E-state index in [1.54, 1.807) is 0 Å². The second-order valence-electron chi connectivity index (χ2n) is 10.7. The molecule has 3 aromatic carbocycles. The van der Waals surface area contributed by atoms with E-state index in [1.165, 1.54) is 0 Å². The average molecular weight is 565 g/mol. The van der Waals surface area contributed by atoms with Crippen LogP contribution in [0.2, 0.25) is 0 Å². The van der Waals surface area contributed by atoms with Crippen LogP contribution in [-0.2, 0) is 0 Å². The number of aliphatic imine (C=N–C) groups is 1. The van der Waals surface area contributed by atoms with Crippen molar-refractivity contribution in [1.29, 1.82) is 0 Å². The molecule has 10 heteroatoms. The number of benzene rings is 3. The van der Waals surface area contributed by atoms with Gasteiger partial charge in [0.1, 0.15) is 26.0 Å². The van der Waals surface area contributed by atoms with Gasteiger partial charge in [-0.3, -0.25) is 0 Å². The molecule has 42 heavy (non-hydrogen) atoms. The monoisotopic (exact) mass is 564 g/mol. The molecule has 0 radical (unpaired) electrons. The molecule has 4 aliphatic rings. The molecule has 0 spiro atoms. The summed E-state index contributed by atoms with van der Waals surface area (Å²) in [6, 6.07) is 24.8. The Morgan fingerprint density at radius 2 is 1.40 bits per heavy atom. The van der Waals surface area contributed by atoms with Gasteiger partial charge in [-0.25, -0.2) is 24.1 Å². The molecule has 0 saturated carbocycles. The number of aromatic nitrogens is 6. The van der Waals surface area contributed by atoms with Gasteiger partial charge in [-0.15, -0.1) is 4.74 Å². The highest BCUT2D eigenvalue weighted by Gasteiger charge is 2.39. The maximum Gasteiger partial charge on any atom is 0.164 e. The smallest absolute Gasteiger partial charge is 0.164 e. The first-order chi connectivity index (χ1) is 20.8. The molecule has 6 bridgehead atoms. The summed E-state index contributed by atoms with van der Waals surface area (Å²) in [5, 5.41) is 7.85. The maximum atomic E-state index is 6.75. The Kier molecular flexibility index (Phi) is 4.29. The molecule has 10 rings (SSSR count). The maximum absolute atomic E-state index is 6.75. The van der Waals surface area contributed by atoms with E-state index in [-0.39, 0.29) is 20.4 Å². The minimum Gasteiger partial charge on any atom is -0.351 e. The van der Waals surface area contributed by atoms with Crippen molar-refractivity contribution in [3.63, 3.8) is 0 Å². The summed E-state index contributed by atoms with van der Waals surface area (Å²) in [5.41, 5.74) is 2.69. The van der Waals surface area contributed by atoms with Crippen molar-refractivity contribution in [2.75, 3.05) is 5.32 Å². The van der Waals surface area contributed by atoms with Gasteiger partial charge >= 0.3 is 0 Å². The van der Waals surface area contributed by atoms with Crippen molar-refractivity contribution in [1.82, 2.24) is 28.8 Å². The van der Waals surface area contributed by atoms with Gasteiger partial charge in [0.05, 0.1) is 11.8 Å². The second kappa shape index (κ2) is 8.09. The minimum atomic E-state index is -0.145. The Balaban J connectivity index is 1.46. The normalized spacial score (nSPS) is 18.3. The summed E-state index contributed by atoms with van der Waals surface area (Å²) < 4.78 is 10.7. The summed E-state index contributed by atoms with van der Waals surface area (Å²) in [6.07, 6.45) is 8.50. The minimum absolute atomic E-state index is 0.0474. The number of fused-ring (bicyclic) bond motifs is 17. The predicted octanol–water partition coefficient (Wildman–Crippen LogP) is 7.56. The van der Waals surface area contributed by atoms with Gasteiger partial charge in [0, 0.05) is 32.7 Å². The fourth-order valence-corrected chi connectivity index (χ4v) is 7.39. The number of rotatable bonds is 0. The van der Waals surface area contributed by atoms with Crippen molar-refractivity contribution in [3.8, 4) is 22.8 Å². The number of aromatic amines is 1. The van der Waals surface area contributed by atoms with Crippen LogP contribution in [0, 0.1) is 5.92 Å². The molecule has 3 unspecified atom stereocenters. The van der Waals surface area contributed by atoms with Gasteiger partial charge in [0.25, 0.3) is 0 Å². The van der Waals surface area contributed by atoms with Gasteiger partial charge in [-0.2, -0.15) is 0 Å². The van der Waals surface area contributed by atoms with Crippen LogP contribution in [0.1, 0.15) is 11.7 Å². The molecule has 2 N–H and O–H groups in total. The first kappa shape index (κ1) is 22.3. The molecule has 0 amide bonds. The van der Waals surface area contributed by atoms with E-state index < -0.39 is 0 Å². The summed E-state index contributed by atoms with van der Waals surface area (Å²) in [5.74, 6) is 5.22. The van der Waals surface area contributed by atoms with Gasteiger partial charge in [0.15, 0.2) is 29.0 Å². The fourth-order valence-electron chi connectivity index (χ4n) is 6.51. The number of nitrogens with zero attached hydrogens (tertiary/aromatic N) is 6. The summed E-state index contributed by atoms with van der Waals surface area (Å²) in [6.45, 7) is 0. The molecule has 3 aromatic heterocycles. The lowest BCUT2D eigenvalue weighted by Gasteiger charge is -2.13. The quantitative estimate of drug-likeness (QED) is 0.198. The average Bonchev–Trinajstić information content (AvgIpc) is 3.72. The van der Waals surface area contributed by atoms with Gasteiger partial charge in [-0.05, 0) is 0 Å². The molecule has 9 nitrogen and oxygen atoms in total. The second-order valence-corrected chi connectivity index (χ2v) is 11.5. The highest BCUT2D eigenvalue weighted by atomic mass is 31.1. The lowest BCUT2D eigenvalue weighted by molar-refractivity contribution is 0.426.